The van der Waals surface area contributed by atoms with Gasteiger partial charge in [-0.05, 0) is 129 Å². The minimum absolute atomic E-state index is 1.02. The second-order valence-corrected chi connectivity index (χ2v) is 7.78. The molecule has 0 heterocycles. The van der Waals surface area contributed by atoms with Crippen LogP contribution in [0.4, 0.5) is 0 Å². The van der Waals surface area contributed by atoms with Crippen LogP contribution in [0, 0.1) is 65.9 Å². The quantitative estimate of drug-likeness (QED) is 0.481. The molecule has 0 aromatic heterocycles. The van der Waals surface area contributed by atoms with Gasteiger partial charge in [-0.2, -0.15) is 0 Å². The van der Waals surface area contributed by atoms with E-state index in [1.807, 2.05) is 0 Å². The lowest BCUT2D eigenvalue weighted by atomic mass is 9.93. The fourth-order valence-corrected chi connectivity index (χ4v) is 3.80. The van der Waals surface area contributed by atoms with Crippen LogP contribution in [0.15, 0.2) is 0 Å². The lowest BCUT2D eigenvalue weighted by Crippen LogP contribution is -2.04. The topological polar surface area (TPSA) is 9.23 Å². The van der Waals surface area contributed by atoms with E-state index in [0.717, 1.165) is 11.5 Å². The average Bonchev–Trinajstić information content (AvgIpc) is 2.54. The van der Waals surface area contributed by atoms with E-state index in [4.69, 9.17) is 4.74 Å². The maximum absolute atomic E-state index is 6.53. The lowest BCUT2D eigenvalue weighted by molar-refractivity contribution is 0.465. The molecular weight excluding hydrogens is 395 g/mol. The Bertz CT molecular complexity index is 675. The molecule has 2 rings (SSSR count). The summed E-state index contributed by atoms with van der Waals surface area (Å²) >= 11 is 2.44. The molecule has 1 nitrogen and oxygen atoms in total. The largest absolute Gasteiger partial charge is 0.456 e. The summed E-state index contributed by atoms with van der Waals surface area (Å²) in [6.45, 7) is 19.6. The van der Waals surface area contributed by atoms with Crippen molar-refractivity contribution in [3.63, 3.8) is 0 Å². The van der Waals surface area contributed by atoms with E-state index in [-0.39, 0.29) is 0 Å². The first-order chi connectivity index (χ1) is 10.6. The molecule has 2 aromatic rings. The lowest BCUT2D eigenvalue weighted by Gasteiger charge is -2.23. The molecule has 0 atom stereocenters. The summed E-state index contributed by atoms with van der Waals surface area (Å²) in [5.74, 6) is 2.04. The van der Waals surface area contributed by atoms with Crippen LogP contribution in [0.1, 0.15) is 50.1 Å². The normalized spacial score (nSPS) is 11.0. The first-order valence-corrected chi connectivity index (χ1v) is 9.18. The van der Waals surface area contributed by atoms with Crippen LogP contribution in [-0.4, -0.2) is 0 Å². The molecule has 2 heteroatoms. The third kappa shape index (κ3) is 2.90. The maximum Gasteiger partial charge on any atom is 0.134 e. The van der Waals surface area contributed by atoms with Crippen LogP contribution in [0.2, 0.25) is 0 Å². The van der Waals surface area contributed by atoms with E-state index in [2.05, 4.69) is 84.9 Å². The van der Waals surface area contributed by atoms with Gasteiger partial charge in [0.05, 0.1) is 0 Å². The Morgan fingerprint density at radius 2 is 0.739 bits per heavy atom. The molecule has 2 aromatic carbocycles. The van der Waals surface area contributed by atoms with Crippen LogP contribution in [0.25, 0.3) is 0 Å². The Kier molecular flexibility index (Phi) is 5.15. The summed E-state index contributed by atoms with van der Waals surface area (Å²) in [7, 11) is 0. The Balaban J connectivity index is 2.71. The summed E-state index contributed by atoms with van der Waals surface area (Å²) in [4.78, 5) is 0. The van der Waals surface area contributed by atoms with Crippen LogP contribution in [0.5, 0.6) is 11.5 Å². The van der Waals surface area contributed by atoms with Crippen LogP contribution < -0.4 is 4.74 Å². The molecule has 0 aliphatic rings. The summed E-state index contributed by atoms with van der Waals surface area (Å²) in [5.41, 5.74) is 11.7. The Hall–Kier alpha value is -1.03. The van der Waals surface area contributed by atoms with Crippen molar-refractivity contribution in [3.05, 3.63) is 53.6 Å². The van der Waals surface area contributed by atoms with Crippen molar-refractivity contribution in [1.82, 2.24) is 0 Å². The predicted octanol–water partition coefficient (Wildman–Crippen LogP) is 6.86. The smallest absolute Gasteiger partial charge is 0.134 e. The van der Waals surface area contributed by atoms with E-state index in [1.54, 1.807) is 0 Å². The molecule has 0 radical (unpaired) electrons. The second-order valence-electron chi connectivity index (χ2n) is 6.70. The third-order valence-electron chi connectivity index (χ3n) is 5.60. The van der Waals surface area contributed by atoms with Crippen molar-refractivity contribution in [2.45, 2.75) is 62.3 Å². The van der Waals surface area contributed by atoms with E-state index >= 15 is 0 Å². The van der Waals surface area contributed by atoms with Crippen molar-refractivity contribution in [3.8, 4) is 11.5 Å². The molecule has 0 amide bonds. The molecule has 0 saturated heterocycles. The zero-order valence-corrected chi connectivity index (χ0v) is 17.9. The molecule has 0 fully saturated rings. The first-order valence-electron chi connectivity index (χ1n) is 8.10. The molecule has 0 bridgehead atoms. The van der Waals surface area contributed by atoms with Gasteiger partial charge in [-0.1, -0.05) is 0 Å². The van der Waals surface area contributed by atoms with Crippen molar-refractivity contribution in [2.75, 3.05) is 0 Å². The number of rotatable bonds is 2. The molecule has 0 spiro atoms. The van der Waals surface area contributed by atoms with Gasteiger partial charge in [0.15, 0.2) is 0 Å². The van der Waals surface area contributed by atoms with Gasteiger partial charge in [-0.15, -0.1) is 0 Å². The van der Waals surface area contributed by atoms with Gasteiger partial charge in [0.2, 0.25) is 0 Å². The minimum Gasteiger partial charge on any atom is -0.456 e. The molecule has 23 heavy (non-hydrogen) atoms. The Morgan fingerprint density at radius 3 is 1.17 bits per heavy atom. The van der Waals surface area contributed by atoms with E-state index < -0.39 is 0 Å². The fourth-order valence-electron chi connectivity index (χ4n) is 3.15. The van der Waals surface area contributed by atoms with Gasteiger partial charge in [-0.25, -0.2) is 0 Å². The molecule has 0 aliphatic carbocycles. The molecular formula is C21H27IO. The highest BCUT2D eigenvalue weighted by atomic mass is 127. The standard InChI is InChI=1S/C21H27IO/c1-10-11(2)15(6)20(16(7)12(10)3)23-21-17(8)13(4)14(5)19(22)18(21)9/h1-9H3. The highest BCUT2D eigenvalue weighted by Gasteiger charge is 2.19. The number of ether oxygens (including phenoxy) is 1. The van der Waals surface area contributed by atoms with E-state index in [9.17, 15) is 0 Å². The molecule has 0 aliphatic heterocycles. The van der Waals surface area contributed by atoms with Gasteiger partial charge in [0, 0.05) is 9.13 Å². The SMILES string of the molecule is Cc1c(C)c(C)c(Oc2c(C)c(C)c(C)c(I)c2C)c(C)c1C. The summed E-state index contributed by atoms with van der Waals surface area (Å²) < 4.78 is 7.83. The maximum atomic E-state index is 6.53. The van der Waals surface area contributed by atoms with Crippen LogP contribution in [0.3, 0.4) is 0 Å². The van der Waals surface area contributed by atoms with Crippen LogP contribution in [-0.2, 0) is 0 Å². The summed E-state index contributed by atoms with van der Waals surface area (Å²) in [5, 5.41) is 0. The van der Waals surface area contributed by atoms with Gasteiger partial charge in [-0.3, -0.25) is 0 Å². The number of hydrogen-bond donors (Lipinski definition) is 0. The van der Waals surface area contributed by atoms with Crippen molar-refractivity contribution in [1.29, 1.82) is 0 Å². The highest BCUT2D eigenvalue weighted by molar-refractivity contribution is 14.1. The van der Waals surface area contributed by atoms with Gasteiger partial charge in [0.1, 0.15) is 11.5 Å². The van der Waals surface area contributed by atoms with Crippen molar-refractivity contribution < 1.29 is 4.74 Å². The zero-order valence-electron chi connectivity index (χ0n) is 15.8. The van der Waals surface area contributed by atoms with Gasteiger partial charge < -0.3 is 4.74 Å². The molecule has 0 unspecified atom stereocenters. The molecule has 0 N–H and O–H groups in total. The summed E-state index contributed by atoms with van der Waals surface area (Å²) in [6, 6.07) is 0. The van der Waals surface area contributed by atoms with E-state index in [1.165, 1.54) is 53.6 Å². The Labute approximate surface area is 154 Å². The monoisotopic (exact) mass is 422 g/mol. The van der Waals surface area contributed by atoms with Crippen LogP contribution >= 0.6 is 22.6 Å². The Morgan fingerprint density at radius 1 is 0.435 bits per heavy atom. The fraction of sp³-hybridized carbons (Fsp3) is 0.429. The van der Waals surface area contributed by atoms with E-state index in [0.29, 0.717) is 0 Å². The van der Waals surface area contributed by atoms with Gasteiger partial charge in [0.25, 0.3) is 0 Å². The van der Waals surface area contributed by atoms with Crippen molar-refractivity contribution in [2.24, 2.45) is 0 Å². The molecule has 124 valence electrons. The average molecular weight is 422 g/mol. The minimum atomic E-state index is 1.02. The number of halogens is 1. The van der Waals surface area contributed by atoms with Gasteiger partial charge >= 0.3 is 0 Å². The predicted molar refractivity (Wildman–Crippen MR) is 108 cm³/mol. The summed E-state index contributed by atoms with van der Waals surface area (Å²) in [6.07, 6.45) is 0. The zero-order chi connectivity index (χ0) is 17.6. The first kappa shape index (κ1) is 18.3. The highest BCUT2D eigenvalue weighted by Crippen LogP contribution is 2.40. The van der Waals surface area contributed by atoms with Crippen molar-refractivity contribution >= 4 is 22.6 Å². The molecule has 0 saturated carbocycles. The second kappa shape index (κ2) is 6.46. The number of benzene rings is 2. The number of hydrogen-bond acceptors (Lipinski definition) is 1. The third-order valence-corrected chi connectivity index (χ3v) is 7.22.